The number of guanidine groups is 1. The summed E-state index contributed by atoms with van der Waals surface area (Å²) >= 11 is 1.80. The van der Waals surface area contributed by atoms with Crippen LogP contribution >= 0.6 is 11.3 Å². The number of hydrogen-bond donors (Lipinski definition) is 3. The van der Waals surface area contributed by atoms with Gasteiger partial charge in [-0.3, -0.25) is 9.79 Å². The maximum atomic E-state index is 10.7. The highest BCUT2D eigenvalue weighted by atomic mass is 32.1. The number of ether oxygens (including phenoxy) is 1. The van der Waals surface area contributed by atoms with Crippen molar-refractivity contribution in [1.82, 2.24) is 10.6 Å². The largest absolute Gasteiger partial charge is 0.484 e. The van der Waals surface area contributed by atoms with Gasteiger partial charge in [0.1, 0.15) is 5.75 Å². The summed E-state index contributed by atoms with van der Waals surface area (Å²) in [6, 6.07) is 12.0. The first-order valence-corrected chi connectivity index (χ1v) is 10.5. The van der Waals surface area contributed by atoms with E-state index in [9.17, 15) is 4.79 Å². The molecule has 0 saturated carbocycles. The van der Waals surface area contributed by atoms with Gasteiger partial charge in [-0.25, -0.2) is 0 Å². The molecule has 2 rings (SSSR count). The molecule has 1 unspecified atom stereocenters. The molecule has 7 heteroatoms. The molecule has 1 atom stereocenters. The van der Waals surface area contributed by atoms with E-state index in [0.29, 0.717) is 11.7 Å². The summed E-state index contributed by atoms with van der Waals surface area (Å²) in [5.74, 6) is 1.52. The third-order valence-electron chi connectivity index (χ3n) is 4.05. The second-order valence-electron chi connectivity index (χ2n) is 6.68. The molecule has 0 radical (unpaired) electrons. The minimum atomic E-state index is -0.478. The Hall–Kier alpha value is -2.54. The van der Waals surface area contributed by atoms with E-state index >= 15 is 0 Å². The van der Waals surface area contributed by atoms with Gasteiger partial charge in [0.05, 0.1) is 0 Å². The van der Waals surface area contributed by atoms with E-state index in [0.717, 1.165) is 38.4 Å². The molecule has 0 fully saturated rings. The SMILES string of the molecule is CCNC(=NCC(C)Cc1cccs1)NCCc1ccc(OCC(N)=O)cc1. The average Bonchev–Trinajstić information content (AvgIpc) is 3.18. The van der Waals surface area contributed by atoms with Crippen LogP contribution in [0.1, 0.15) is 24.3 Å². The monoisotopic (exact) mass is 402 g/mol. The fourth-order valence-electron chi connectivity index (χ4n) is 2.66. The maximum absolute atomic E-state index is 10.7. The zero-order valence-corrected chi connectivity index (χ0v) is 17.4. The van der Waals surface area contributed by atoms with E-state index in [4.69, 9.17) is 15.5 Å². The summed E-state index contributed by atoms with van der Waals surface area (Å²) < 4.78 is 5.27. The molecule has 6 nitrogen and oxygen atoms in total. The van der Waals surface area contributed by atoms with Gasteiger partial charge in [0.25, 0.3) is 5.91 Å². The van der Waals surface area contributed by atoms with Crippen LogP contribution < -0.4 is 21.1 Å². The Morgan fingerprint density at radius 3 is 2.68 bits per heavy atom. The van der Waals surface area contributed by atoms with E-state index in [1.165, 1.54) is 10.4 Å². The number of carbonyl (C=O) groups is 1. The standard InChI is InChI=1S/C21H30N4O2S/c1-3-23-21(25-14-16(2)13-19-5-4-12-28-19)24-11-10-17-6-8-18(9-7-17)27-15-20(22)26/h4-9,12,16H,3,10-11,13-15H2,1-2H3,(H2,22,26)(H2,23,24,25). The Bertz CT molecular complexity index is 729. The molecule has 0 aliphatic carbocycles. The van der Waals surface area contributed by atoms with Crippen LogP contribution in [-0.4, -0.2) is 38.1 Å². The van der Waals surface area contributed by atoms with Crippen molar-refractivity contribution in [2.24, 2.45) is 16.6 Å². The molecule has 0 spiro atoms. The summed E-state index contributed by atoms with van der Waals surface area (Å²) in [5.41, 5.74) is 6.26. The quantitative estimate of drug-likeness (QED) is 0.398. The van der Waals surface area contributed by atoms with Crippen LogP contribution in [0.3, 0.4) is 0 Å². The minimum Gasteiger partial charge on any atom is -0.484 e. The third-order valence-corrected chi connectivity index (χ3v) is 4.94. The van der Waals surface area contributed by atoms with Gasteiger partial charge in [0, 0.05) is 24.5 Å². The Kier molecular flexibility index (Phi) is 9.34. The summed E-state index contributed by atoms with van der Waals surface area (Å²) in [5, 5.41) is 8.80. The van der Waals surface area contributed by atoms with Gasteiger partial charge in [-0.1, -0.05) is 25.1 Å². The molecule has 0 aliphatic rings. The number of hydrogen-bond acceptors (Lipinski definition) is 4. The summed E-state index contributed by atoms with van der Waals surface area (Å²) in [6.45, 7) is 6.60. The highest BCUT2D eigenvalue weighted by Gasteiger charge is 2.05. The van der Waals surface area contributed by atoms with E-state index < -0.39 is 5.91 Å². The van der Waals surface area contributed by atoms with Crippen molar-refractivity contribution in [2.75, 3.05) is 26.2 Å². The fraction of sp³-hybridized carbons (Fsp3) is 0.429. The predicted octanol–water partition coefficient (Wildman–Crippen LogP) is 2.59. The molecule has 28 heavy (non-hydrogen) atoms. The van der Waals surface area contributed by atoms with Crippen molar-refractivity contribution >= 4 is 23.2 Å². The molecule has 1 aromatic carbocycles. The summed E-state index contributed by atoms with van der Waals surface area (Å²) in [4.78, 5) is 16.9. The molecule has 4 N–H and O–H groups in total. The van der Waals surface area contributed by atoms with E-state index in [1.54, 1.807) is 11.3 Å². The lowest BCUT2D eigenvalue weighted by Gasteiger charge is -2.13. The van der Waals surface area contributed by atoms with Crippen molar-refractivity contribution in [3.63, 3.8) is 0 Å². The van der Waals surface area contributed by atoms with Crippen molar-refractivity contribution in [3.8, 4) is 5.75 Å². The minimum absolute atomic E-state index is 0.103. The van der Waals surface area contributed by atoms with Crippen molar-refractivity contribution in [3.05, 3.63) is 52.2 Å². The zero-order chi connectivity index (χ0) is 20.2. The Morgan fingerprint density at radius 2 is 2.04 bits per heavy atom. The van der Waals surface area contributed by atoms with Crippen LogP contribution in [-0.2, 0) is 17.6 Å². The number of thiophene rings is 1. The van der Waals surface area contributed by atoms with Gasteiger partial charge in [-0.05, 0) is 54.8 Å². The van der Waals surface area contributed by atoms with Crippen LogP contribution in [0.2, 0.25) is 0 Å². The lowest BCUT2D eigenvalue weighted by Crippen LogP contribution is -2.38. The van der Waals surface area contributed by atoms with Crippen molar-refractivity contribution < 1.29 is 9.53 Å². The number of nitrogens with zero attached hydrogens (tertiary/aromatic N) is 1. The van der Waals surface area contributed by atoms with E-state index in [-0.39, 0.29) is 6.61 Å². The highest BCUT2D eigenvalue weighted by Crippen LogP contribution is 2.14. The summed E-state index contributed by atoms with van der Waals surface area (Å²) in [7, 11) is 0. The third kappa shape index (κ3) is 8.43. The number of primary amides is 1. The Morgan fingerprint density at radius 1 is 1.25 bits per heavy atom. The molecule has 0 aliphatic heterocycles. The molecule has 2 aromatic rings. The molecule has 0 bridgehead atoms. The van der Waals surface area contributed by atoms with Gasteiger partial charge < -0.3 is 21.1 Å². The van der Waals surface area contributed by atoms with Crippen LogP contribution in [0.4, 0.5) is 0 Å². The number of nitrogens with one attached hydrogen (secondary N) is 2. The van der Waals surface area contributed by atoms with Crippen LogP contribution in [0.15, 0.2) is 46.8 Å². The molecular weight excluding hydrogens is 372 g/mol. The summed E-state index contributed by atoms with van der Waals surface area (Å²) in [6.07, 6.45) is 1.93. The number of nitrogens with two attached hydrogens (primary N) is 1. The van der Waals surface area contributed by atoms with Gasteiger partial charge in [-0.15, -0.1) is 11.3 Å². The second-order valence-corrected chi connectivity index (χ2v) is 7.72. The number of amides is 1. The topological polar surface area (TPSA) is 88.7 Å². The first kappa shape index (κ1) is 21.8. The molecular formula is C21H30N4O2S. The van der Waals surface area contributed by atoms with E-state index in [2.05, 4.69) is 42.0 Å². The fourth-order valence-corrected chi connectivity index (χ4v) is 3.53. The molecule has 152 valence electrons. The van der Waals surface area contributed by atoms with Crippen molar-refractivity contribution in [1.29, 1.82) is 0 Å². The number of carbonyl (C=O) groups excluding carboxylic acids is 1. The van der Waals surface area contributed by atoms with Gasteiger partial charge >= 0.3 is 0 Å². The van der Waals surface area contributed by atoms with Crippen LogP contribution in [0.5, 0.6) is 5.75 Å². The predicted molar refractivity (Wildman–Crippen MR) is 116 cm³/mol. The van der Waals surface area contributed by atoms with E-state index in [1.807, 2.05) is 24.3 Å². The normalized spacial score (nSPS) is 12.4. The maximum Gasteiger partial charge on any atom is 0.255 e. The molecule has 1 aromatic heterocycles. The lowest BCUT2D eigenvalue weighted by molar-refractivity contribution is -0.119. The Balaban J connectivity index is 1.76. The second kappa shape index (κ2) is 12.0. The van der Waals surface area contributed by atoms with Gasteiger partial charge in [0.2, 0.25) is 0 Å². The molecule has 1 heterocycles. The zero-order valence-electron chi connectivity index (χ0n) is 16.6. The number of aliphatic imine (C=N–C) groups is 1. The van der Waals surface area contributed by atoms with Crippen LogP contribution in [0, 0.1) is 5.92 Å². The van der Waals surface area contributed by atoms with Crippen molar-refractivity contribution in [2.45, 2.75) is 26.7 Å². The average molecular weight is 403 g/mol. The Labute approximate surface area is 171 Å². The first-order chi connectivity index (χ1) is 13.6. The first-order valence-electron chi connectivity index (χ1n) is 9.61. The van der Waals surface area contributed by atoms with Gasteiger partial charge in [0.15, 0.2) is 12.6 Å². The van der Waals surface area contributed by atoms with Gasteiger partial charge in [-0.2, -0.15) is 0 Å². The lowest BCUT2D eigenvalue weighted by atomic mass is 10.1. The van der Waals surface area contributed by atoms with Crippen LogP contribution in [0.25, 0.3) is 0 Å². The molecule has 0 saturated heterocycles. The molecule has 1 amide bonds. The number of rotatable bonds is 11. The highest BCUT2D eigenvalue weighted by molar-refractivity contribution is 7.09. The number of benzene rings is 1. The smallest absolute Gasteiger partial charge is 0.255 e.